The van der Waals surface area contributed by atoms with Crippen molar-refractivity contribution in [3.05, 3.63) is 89.0 Å². The first kappa shape index (κ1) is 31.3. The largest absolute Gasteiger partial charge is 0.497 e. The molecular formula is C33H35F3N3O5S+. The van der Waals surface area contributed by atoms with Gasteiger partial charge < -0.3 is 15.4 Å². The Hall–Kier alpha value is -3.74. The molecule has 2 heterocycles. The van der Waals surface area contributed by atoms with E-state index in [4.69, 9.17) is 4.74 Å². The van der Waals surface area contributed by atoms with E-state index in [9.17, 15) is 31.2 Å². The number of sulfonamides is 1. The fraction of sp³-hybridized carbons (Fsp3) is 0.394. The van der Waals surface area contributed by atoms with Crippen molar-refractivity contribution in [3.63, 3.8) is 0 Å². The van der Waals surface area contributed by atoms with Crippen LogP contribution in [0.25, 0.3) is 0 Å². The van der Waals surface area contributed by atoms with Gasteiger partial charge >= 0.3 is 22.1 Å². The van der Waals surface area contributed by atoms with Crippen LogP contribution in [0.15, 0.2) is 71.6 Å². The molecule has 3 aromatic carbocycles. The van der Waals surface area contributed by atoms with Gasteiger partial charge in [0.15, 0.2) is 5.69 Å². The molecule has 0 radical (unpaired) electrons. The molecule has 1 saturated carbocycles. The van der Waals surface area contributed by atoms with Gasteiger partial charge in [0, 0.05) is 35.7 Å². The zero-order valence-electron chi connectivity index (χ0n) is 25.0. The van der Waals surface area contributed by atoms with Crippen LogP contribution in [0.5, 0.6) is 5.75 Å². The Morgan fingerprint density at radius 1 is 1.02 bits per heavy atom. The van der Waals surface area contributed by atoms with E-state index >= 15 is 0 Å². The highest BCUT2D eigenvalue weighted by Crippen LogP contribution is 2.62. The molecule has 2 N–H and O–H groups in total. The second-order valence-corrected chi connectivity index (χ2v) is 14.1. The lowest BCUT2D eigenvalue weighted by Crippen LogP contribution is -2.67. The van der Waals surface area contributed by atoms with Crippen LogP contribution in [-0.4, -0.2) is 46.5 Å². The van der Waals surface area contributed by atoms with Crippen LogP contribution < -0.4 is 19.3 Å². The molecule has 2 unspecified atom stereocenters. The number of alkyl halides is 3. The van der Waals surface area contributed by atoms with E-state index in [0.717, 1.165) is 18.9 Å². The van der Waals surface area contributed by atoms with Crippen molar-refractivity contribution in [3.8, 4) is 5.75 Å². The number of ether oxygens (including phenoxy) is 1. The molecule has 1 aliphatic carbocycles. The third kappa shape index (κ3) is 4.94. The SMILES string of the molecule is COc1cccc(S(=O)(=O)[N+]2(C(C)=O)c3ccc(C(=O)NCc4ccccc4C(F)(F)F)cc3C3(CCNCC3)C2C2CC2)c1. The molecule has 8 nitrogen and oxygen atoms in total. The van der Waals surface area contributed by atoms with Crippen molar-refractivity contribution in [2.24, 2.45) is 5.92 Å². The number of nitrogens with one attached hydrogen (secondary N) is 2. The smallest absolute Gasteiger partial charge is 0.416 e. The summed E-state index contributed by atoms with van der Waals surface area (Å²) < 4.78 is 74.9. The Balaban J connectivity index is 1.48. The molecular weight excluding hydrogens is 607 g/mol. The maximum Gasteiger partial charge on any atom is 0.416 e. The zero-order chi connectivity index (χ0) is 32.2. The molecule has 3 aliphatic rings. The summed E-state index contributed by atoms with van der Waals surface area (Å²) in [6.07, 6.45) is -1.89. The molecule has 2 amide bonds. The van der Waals surface area contributed by atoms with E-state index in [2.05, 4.69) is 10.6 Å². The normalized spacial score (nSPS) is 22.6. The van der Waals surface area contributed by atoms with Crippen molar-refractivity contribution >= 4 is 27.5 Å². The standard InChI is InChI=1S/C33H34F3N3O5S/c1-21(40)39(45(42,43)26-8-5-7-25(19-26)44-2)29-13-12-23(31(41)38-20-24-6-3-4-9-27(24)33(34,35)36)18-28(29)32(14-16-37-17-15-32)30(39)22-10-11-22/h3-9,12-13,18-19,22,30,37H,10-11,14-17,20H2,1-2H3/p+1. The molecule has 3 aromatic rings. The van der Waals surface area contributed by atoms with Crippen LogP contribution >= 0.6 is 0 Å². The Bertz CT molecular complexity index is 1770. The highest BCUT2D eigenvalue weighted by atomic mass is 32.2. The van der Waals surface area contributed by atoms with Gasteiger partial charge in [-0.05, 0) is 74.7 Å². The summed E-state index contributed by atoms with van der Waals surface area (Å²) >= 11 is 0. The number of nitrogens with zero attached hydrogens (tertiary/aromatic N) is 1. The summed E-state index contributed by atoms with van der Waals surface area (Å²) in [7, 11) is -2.95. The number of carbonyl (C=O) groups excluding carboxylic acids is 2. The highest BCUT2D eigenvalue weighted by Gasteiger charge is 2.73. The number of piperidine rings is 1. The van der Waals surface area contributed by atoms with Crippen LogP contribution in [0.3, 0.4) is 0 Å². The van der Waals surface area contributed by atoms with E-state index in [1.54, 1.807) is 24.3 Å². The minimum atomic E-state index is -4.57. The van der Waals surface area contributed by atoms with Crippen LogP contribution in [0, 0.1) is 5.92 Å². The molecule has 0 aromatic heterocycles. The molecule has 2 fully saturated rings. The minimum absolute atomic E-state index is 0.0315. The highest BCUT2D eigenvalue weighted by molar-refractivity contribution is 7.91. The van der Waals surface area contributed by atoms with Gasteiger partial charge in [0.25, 0.3) is 5.91 Å². The van der Waals surface area contributed by atoms with E-state index in [1.807, 2.05) is 0 Å². The number of methoxy groups -OCH3 is 1. The third-order valence-electron chi connectivity index (χ3n) is 9.62. The number of quaternary nitrogens is 1. The Morgan fingerprint density at radius 2 is 1.73 bits per heavy atom. The van der Waals surface area contributed by atoms with Crippen LogP contribution in [0.2, 0.25) is 0 Å². The average Bonchev–Trinajstić information content (AvgIpc) is 3.83. The fourth-order valence-electron chi connectivity index (χ4n) is 7.59. The second kappa shape index (κ2) is 11.3. The molecule has 6 rings (SSSR count). The van der Waals surface area contributed by atoms with Gasteiger partial charge in [0.05, 0.1) is 25.0 Å². The van der Waals surface area contributed by atoms with Crippen LogP contribution in [-0.2, 0) is 33.0 Å². The number of carbonyl (C=O) groups is 2. The maximum absolute atomic E-state index is 14.9. The number of hydrogen-bond donors (Lipinski definition) is 2. The van der Waals surface area contributed by atoms with E-state index in [-0.39, 0.29) is 28.5 Å². The summed E-state index contributed by atoms with van der Waals surface area (Å²) in [5.74, 6) is -0.815. The van der Waals surface area contributed by atoms with Gasteiger partial charge in [-0.1, -0.05) is 24.3 Å². The second-order valence-electron chi connectivity index (χ2n) is 12.1. The predicted octanol–water partition coefficient (Wildman–Crippen LogP) is 5.30. The van der Waals surface area contributed by atoms with Crippen LogP contribution in [0.1, 0.15) is 59.7 Å². The van der Waals surface area contributed by atoms with Crippen molar-refractivity contribution in [2.75, 3.05) is 20.2 Å². The lowest BCUT2D eigenvalue weighted by atomic mass is 9.68. The van der Waals surface area contributed by atoms with Gasteiger partial charge in [-0.25, -0.2) is 4.79 Å². The van der Waals surface area contributed by atoms with Crippen molar-refractivity contribution in [1.82, 2.24) is 14.5 Å². The molecule has 238 valence electrons. The lowest BCUT2D eigenvalue weighted by molar-refractivity contribution is -0.138. The van der Waals surface area contributed by atoms with Gasteiger partial charge in [0.2, 0.25) is 0 Å². The predicted molar refractivity (Wildman–Crippen MR) is 162 cm³/mol. The van der Waals surface area contributed by atoms with E-state index in [0.29, 0.717) is 42.9 Å². The van der Waals surface area contributed by atoms with Crippen LogP contribution in [0.4, 0.5) is 18.9 Å². The fourth-order valence-corrected chi connectivity index (χ4v) is 9.87. The topological polar surface area (TPSA) is 102 Å². The monoisotopic (exact) mass is 642 g/mol. The first-order valence-corrected chi connectivity index (χ1v) is 16.4. The summed E-state index contributed by atoms with van der Waals surface area (Å²) in [4.78, 5) is 27.5. The first-order chi connectivity index (χ1) is 21.4. The average molecular weight is 643 g/mol. The van der Waals surface area contributed by atoms with Gasteiger partial charge in [-0.2, -0.15) is 21.6 Å². The molecule has 1 spiro atoms. The molecule has 2 atom stereocenters. The Morgan fingerprint density at radius 3 is 2.38 bits per heavy atom. The summed E-state index contributed by atoms with van der Waals surface area (Å²) in [6.45, 7) is 2.17. The number of rotatable bonds is 7. The maximum atomic E-state index is 14.9. The summed E-state index contributed by atoms with van der Waals surface area (Å²) in [5.41, 5.74) is -0.480. The molecule has 45 heavy (non-hydrogen) atoms. The Kier molecular flexibility index (Phi) is 7.81. The number of amides is 2. The Labute approximate surface area is 260 Å². The summed E-state index contributed by atoms with van der Waals surface area (Å²) in [6, 6.07) is 15.2. The molecule has 12 heteroatoms. The van der Waals surface area contributed by atoms with E-state index < -0.39 is 48.9 Å². The number of benzene rings is 3. The number of halogens is 3. The number of hydrogen-bond acceptors (Lipinski definition) is 6. The van der Waals surface area contributed by atoms with Crippen molar-refractivity contribution in [1.29, 1.82) is 0 Å². The van der Waals surface area contributed by atoms with Gasteiger partial charge in [-0.15, -0.1) is 3.89 Å². The first-order valence-electron chi connectivity index (χ1n) is 15.0. The van der Waals surface area contributed by atoms with E-state index in [1.165, 1.54) is 50.4 Å². The molecule has 0 bridgehead atoms. The third-order valence-corrected chi connectivity index (χ3v) is 11.9. The zero-order valence-corrected chi connectivity index (χ0v) is 25.8. The van der Waals surface area contributed by atoms with Crippen molar-refractivity contribution < 1.29 is 35.9 Å². The van der Waals surface area contributed by atoms with Gasteiger partial charge in [-0.3, -0.25) is 4.79 Å². The minimum Gasteiger partial charge on any atom is -0.497 e. The van der Waals surface area contributed by atoms with Crippen molar-refractivity contribution in [2.45, 2.75) is 61.7 Å². The quantitative estimate of drug-likeness (QED) is 0.340. The van der Waals surface area contributed by atoms with Gasteiger partial charge in [0.1, 0.15) is 16.7 Å². The summed E-state index contributed by atoms with van der Waals surface area (Å²) in [5, 5.41) is 5.97. The number of fused-ring (bicyclic) bond motifs is 2. The molecule has 2 aliphatic heterocycles. The lowest BCUT2D eigenvalue weighted by Gasteiger charge is -2.43. The molecule has 1 saturated heterocycles.